The number of hydrogen-bond acceptors (Lipinski definition) is 6. The SMILES string of the molecule is C=C(C)C(=O)OCCCCCCOc1ccnc(SC)n1. The monoisotopic (exact) mass is 310 g/mol. The van der Waals surface area contributed by atoms with Crippen molar-refractivity contribution >= 4 is 17.7 Å². The summed E-state index contributed by atoms with van der Waals surface area (Å²) in [6.45, 7) is 6.27. The number of nitrogens with zero attached hydrogens (tertiary/aromatic N) is 2. The van der Waals surface area contributed by atoms with Crippen LogP contribution >= 0.6 is 11.8 Å². The topological polar surface area (TPSA) is 61.3 Å². The van der Waals surface area contributed by atoms with Gasteiger partial charge < -0.3 is 9.47 Å². The Balaban J connectivity index is 2.02. The van der Waals surface area contributed by atoms with E-state index in [4.69, 9.17) is 9.47 Å². The molecular weight excluding hydrogens is 288 g/mol. The summed E-state index contributed by atoms with van der Waals surface area (Å²) in [5.41, 5.74) is 0.442. The van der Waals surface area contributed by atoms with Crippen LogP contribution in [0, 0.1) is 0 Å². The molecule has 0 amide bonds. The van der Waals surface area contributed by atoms with Crippen molar-refractivity contribution in [2.24, 2.45) is 0 Å². The number of aromatic nitrogens is 2. The van der Waals surface area contributed by atoms with E-state index in [9.17, 15) is 4.79 Å². The van der Waals surface area contributed by atoms with Crippen molar-refractivity contribution in [3.8, 4) is 5.88 Å². The molecule has 21 heavy (non-hydrogen) atoms. The Labute approximate surface area is 130 Å². The van der Waals surface area contributed by atoms with Crippen LogP contribution in [0.2, 0.25) is 0 Å². The molecule has 0 aliphatic rings. The molecule has 1 aromatic heterocycles. The second-order valence-corrected chi connectivity index (χ2v) is 5.33. The van der Waals surface area contributed by atoms with E-state index in [1.165, 1.54) is 11.8 Å². The fourth-order valence-corrected chi connectivity index (χ4v) is 1.87. The average Bonchev–Trinajstić information content (AvgIpc) is 2.49. The third-order valence-corrected chi connectivity index (χ3v) is 3.22. The minimum absolute atomic E-state index is 0.313. The van der Waals surface area contributed by atoms with Crippen LogP contribution in [0.4, 0.5) is 0 Å². The first-order valence-corrected chi connectivity index (χ1v) is 8.18. The van der Waals surface area contributed by atoms with E-state index in [0.717, 1.165) is 25.7 Å². The Bertz CT molecular complexity index is 466. The fraction of sp³-hybridized carbons (Fsp3) is 0.533. The molecule has 0 N–H and O–H groups in total. The van der Waals surface area contributed by atoms with Crippen molar-refractivity contribution in [3.63, 3.8) is 0 Å². The Morgan fingerprint density at radius 2 is 2.00 bits per heavy atom. The van der Waals surface area contributed by atoms with Crippen LogP contribution in [0.25, 0.3) is 0 Å². The van der Waals surface area contributed by atoms with Crippen molar-refractivity contribution < 1.29 is 14.3 Å². The normalized spacial score (nSPS) is 10.2. The highest BCUT2D eigenvalue weighted by atomic mass is 32.2. The predicted molar refractivity (Wildman–Crippen MR) is 83.5 cm³/mol. The quantitative estimate of drug-likeness (QED) is 0.217. The van der Waals surface area contributed by atoms with Gasteiger partial charge >= 0.3 is 5.97 Å². The number of esters is 1. The zero-order valence-corrected chi connectivity index (χ0v) is 13.4. The zero-order chi connectivity index (χ0) is 15.5. The molecular formula is C15H22N2O3S. The summed E-state index contributed by atoms with van der Waals surface area (Å²) in [5, 5.41) is 0.715. The van der Waals surface area contributed by atoms with Crippen LogP contribution in [0.15, 0.2) is 29.6 Å². The molecule has 0 fully saturated rings. The minimum Gasteiger partial charge on any atom is -0.478 e. The highest BCUT2D eigenvalue weighted by molar-refractivity contribution is 7.98. The number of thioether (sulfide) groups is 1. The maximum absolute atomic E-state index is 11.1. The maximum Gasteiger partial charge on any atom is 0.333 e. The van der Waals surface area contributed by atoms with Gasteiger partial charge in [-0.15, -0.1) is 0 Å². The predicted octanol–water partition coefficient (Wildman–Crippen LogP) is 3.26. The zero-order valence-electron chi connectivity index (χ0n) is 12.6. The van der Waals surface area contributed by atoms with E-state index in [1.54, 1.807) is 19.2 Å². The molecule has 1 heterocycles. The summed E-state index contributed by atoms with van der Waals surface area (Å²) in [6, 6.07) is 1.76. The first-order valence-electron chi connectivity index (χ1n) is 6.96. The van der Waals surface area contributed by atoms with Gasteiger partial charge in [0.1, 0.15) is 0 Å². The third-order valence-electron chi connectivity index (χ3n) is 2.66. The molecule has 0 bridgehead atoms. The van der Waals surface area contributed by atoms with Crippen LogP contribution < -0.4 is 4.74 Å². The molecule has 5 nitrogen and oxygen atoms in total. The second kappa shape index (κ2) is 10.2. The summed E-state index contributed by atoms with van der Waals surface area (Å²) in [4.78, 5) is 19.5. The van der Waals surface area contributed by atoms with E-state index in [1.807, 2.05) is 6.26 Å². The summed E-state index contributed by atoms with van der Waals surface area (Å²) in [5.74, 6) is 0.302. The standard InChI is InChI=1S/C15H22N2O3S/c1-12(2)14(18)20-11-7-5-4-6-10-19-13-8-9-16-15(17-13)21-3/h8-9H,1,4-7,10-11H2,2-3H3. The molecule has 0 saturated carbocycles. The minimum atomic E-state index is -0.313. The molecule has 0 aliphatic carbocycles. The Hall–Kier alpha value is -1.56. The van der Waals surface area contributed by atoms with E-state index >= 15 is 0 Å². The van der Waals surface area contributed by atoms with Gasteiger partial charge in [-0.2, -0.15) is 4.98 Å². The van der Waals surface area contributed by atoms with Crippen LogP contribution in [-0.4, -0.2) is 35.4 Å². The number of carbonyl (C=O) groups is 1. The van der Waals surface area contributed by atoms with E-state index in [0.29, 0.717) is 29.8 Å². The summed E-state index contributed by atoms with van der Waals surface area (Å²) in [6.07, 6.45) is 7.48. The Morgan fingerprint density at radius 3 is 2.67 bits per heavy atom. The van der Waals surface area contributed by atoms with Gasteiger partial charge in [0, 0.05) is 17.8 Å². The van der Waals surface area contributed by atoms with Gasteiger partial charge in [-0.05, 0) is 38.9 Å². The summed E-state index contributed by atoms with van der Waals surface area (Å²) in [7, 11) is 0. The van der Waals surface area contributed by atoms with Crippen LogP contribution in [0.5, 0.6) is 5.88 Å². The molecule has 0 aromatic carbocycles. The van der Waals surface area contributed by atoms with Crippen LogP contribution in [0.3, 0.4) is 0 Å². The third kappa shape index (κ3) is 7.70. The van der Waals surface area contributed by atoms with Crippen molar-refractivity contribution in [2.45, 2.75) is 37.8 Å². The van der Waals surface area contributed by atoms with Crippen LogP contribution in [0.1, 0.15) is 32.6 Å². The Morgan fingerprint density at radius 1 is 1.29 bits per heavy atom. The lowest BCUT2D eigenvalue weighted by Crippen LogP contribution is -2.06. The van der Waals surface area contributed by atoms with Gasteiger partial charge in [0.05, 0.1) is 13.2 Å². The molecule has 116 valence electrons. The lowest BCUT2D eigenvalue weighted by atomic mass is 10.2. The molecule has 0 radical (unpaired) electrons. The van der Waals surface area contributed by atoms with Crippen molar-refractivity contribution in [3.05, 3.63) is 24.4 Å². The van der Waals surface area contributed by atoms with E-state index in [2.05, 4.69) is 16.5 Å². The second-order valence-electron chi connectivity index (χ2n) is 4.56. The number of rotatable bonds is 10. The molecule has 0 spiro atoms. The number of ether oxygens (including phenoxy) is 2. The number of carbonyl (C=O) groups excluding carboxylic acids is 1. The Kier molecular flexibility index (Phi) is 8.50. The highest BCUT2D eigenvalue weighted by Gasteiger charge is 2.02. The van der Waals surface area contributed by atoms with Crippen molar-refractivity contribution in [2.75, 3.05) is 19.5 Å². The van der Waals surface area contributed by atoms with Gasteiger partial charge in [0.25, 0.3) is 0 Å². The molecule has 0 unspecified atom stereocenters. The van der Waals surface area contributed by atoms with Gasteiger partial charge in [-0.3, -0.25) is 0 Å². The molecule has 6 heteroatoms. The molecule has 1 rings (SSSR count). The largest absolute Gasteiger partial charge is 0.478 e. The number of hydrogen-bond donors (Lipinski definition) is 0. The van der Waals surface area contributed by atoms with Gasteiger partial charge in [0.15, 0.2) is 5.16 Å². The van der Waals surface area contributed by atoms with E-state index in [-0.39, 0.29) is 5.97 Å². The fourth-order valence-electron chi connectivity index (χ4n) is 1.53. The summed E-state index contributed by atoms with van der Waals surface area (Å²) < 4.78 is 10.6. The summed E-state index contributed by atoms with van der Waals surface area (Å²) >= 11 is 1.49. The molecule has 0 atom stereocenters. The van der Waals surface area contributed by atoms with Crippen molar-refractivity contribution in [1.29, 1.82) is 0 Å². The lowest BCUT2D eigenvalue weighted by molar-refractivity contribution is -0.139. The maximum atomic E-state index is 11.1. The lowest BCUT2D eigenvalue weighted by Gasteiger charge is -2.06. The first-order chi connectivity index (χ1) is 10.1. The van der Waals surface area contributed by atoms with E-state index < -0.39 is 0 Å². The molecule has 0 saturated heterocycles. The van der Waals surface area contributed by atoms with Crippen molar-refractivity contribution in [1.82, 2.24) is 9.97 Å². The molecule has 0 aliphatic heterocycles. The van der Waals surface area contributed by atoms with Gasteiger partial charge in [-0.1, -0.05) is 18.3 Å². The average molecular weight is 310 g/mol. The van der Waals surface area contributed by atoms with Gasteiger partial charge in [-0.25, -0.2) is 9.78 Å². The number of unbranched alkanes of at least 4 members (excludes halogenated alkanes) is 3. The van der Waals surface area contributed by atoms with Gasteiger partial charge in [0.2, 0.25) is 5.88 Å². The first kappa shape index (κ1) is 17.5. The highest BCUT2D eigenvalue weighted by Crippen LogP contribution is 2.13. The van der Waals surface area contributed by atoms with Crippen LogP contribution in [-0.2, 0) is 9.53 Å². The smallest absolute Gasteiger partial charge is 0.333 e. The molecule has 1 aromatic rings.